The quantitative estimate of drug-likeness (QED) is 0.307. The predicted octanol–water partition coefficient (Wildman–Crippen LogP) is 5.90. The Balaban J connectivity index is 1.64. The highest BCUT2D eigenvalue weighted by atomic mass is 16.5. The van der Waals surface area contributed by atoms with Crippen molar-refractivity contribution in [2.75, 3.05) is 7.11 Å². The number of aryl methyl sites for hydroxylation is 1. The third kappa shape index (κ3) is 3.99. The highest BCUT2D eigenvalue weighted by molar-refractivity contribution is 6.07. The Morgan fingerprint density at radius 3 is 2.45 bits per heavy atom. The number of aromatic nitrogens is 1. The van der Waals surface area contributed by atoms with Crippen molar-refractivity contribution in [3.05, 3.63) is 107 Å². The van der Waals surface area contributed by atoms with Crippen LogP contribution in [0.2, 0.25) is 0 Å². The maximum Gasteiger partial charge on any atom is 0.185 e. The van der Waals surface area contributed by atoms with E-state index in [1.165, 1.54) is 11.1 Å². The SMILES string of the molecule is COc1ccc(C(=O)/C=C/c2cn(Cc3ccccc3C)c3ccccc23)cc1. The molecule has 1 heterocycles. The molecule has 0 aliphatic heterocycles. The van der Waals surface area contributed by atoms with Gasteiger partial charge in [-0.3, -0.25) is 4.79 Å². The number of ketones is 1. The zero-order chi connectivity index (χ0) is 20.2. The Kier molecular flexibility index (Phi) is 5.30. The minimum Gasteiger partial charge on any atom is -0.497 e. The molecule has 0 unspecified atom stereocenters. The first-order valence-corrected chi connectivity index (χ1v) is 9.64. The molecule has 3 nitrogen and oxygen atoms in total. The molecule has 3 aromatic carbocycles. The van der Waals surface area contributed by atoms with E-state index in [1.807, 2.05) is 18.2 Å². The third-order valence-corrected chi connectivity index (χ3v) is 5.21. The number of allylic oxidation sites excluding steroid dienone is 1. The number of ether oxygens (including phenoxy) is 1. The van der Waals surface area contributed by atoms with E-state index in [1.54, 1.807) is 37.5 Å². The summed E-state index contributed by atoms with van der Waals surface area (Å²) in [4.78, 5) is 12.6. The fourth-order valence-corrected chi connectivity index (χ4v) is 3.53. The zero-order valence-corrected chi connectivity index (χ0v) is 16.6. The van der Waals surface area contributed by atoms with Crippen molar-refractivity contribution >= 4 is 22.8 Å². The molecular formula is C26H23NO2. The summed E-state index contributed by atoms with van der Waals surface area (Å²) in [6.45, 7) is 2.93. The van der Waals surface area contributed by atoms with Crippen LogP contribution in [0.3, 0.4) is 0 Å². The molecule has 0 radical (unpaired) electrons. The monoisotopic (exact) mass is 381 g/mol. The fourth-order valence-electron chi connectivity index (χ4n) is 3.53. The minimum atomic E-state index is -0.0246. The predicted molar refractivity (Wildman–Crippen MR) is 119 cm³/mol. The van der Waals surface area contributed by atoms with Gasteiger partial charge in [-0.25, -0.2) is 0 Å². The van der Waals surface area contributed by atoms with Crippen LogP contribution < -0.4 is 4.74 Å². The first kappa shape index (κ1) is 18.8. The van der Waals surface area contributed by atoms with Gasteiger partial charge in [-0.2, -0.15) is 0 Å². The van der Waals surface area contributed by atoms with Gasteiger partial charge >= 0.3 is 0 Å². The highest BCUT2D eigenvalue weighted by Gasteiger charge is 2.09. The number of nitrogens with zero attached hydrogens (tertiary/aromatic N) is 1. The first-order valence-electron chi connectivity index (χ1n) is 9.64. The minimum absolute atomic E-state index is 0.0246. The molecule has 0 bridgehead atoms. The molecule has 3 heteroatoms. The van der Waals surface area contributed by atoms with Crippen LogP contribution in [0.15, 0.2) is 85.1 Å². The molecule has 4 aromatic rings. The second-order valence-electron chi connectivity index (χ2n) is 7.08. The summed E-state index contributed by atoms with van der Waals surface area (Å²) in [5.74, 6) is 0.716. The lowest BCUT2D eigenvalue weighted by Gasteiger charge is -2.08. The molecule has 0 atom stereocenters. The largest absolute Gasteiger partial charge is 0.497 e. The summed E-state index contributed by atoms with van der Waals surface area (Å²) in [5.41, 5.74) is 5.41. The average Bonchev–Trinajstić information content (AvgIpc) is 3.11. The average molecular weight is 381 g/mol. The van der Waals surface area contributed by atoms with Crippen molar-refractivity contribution in [3.8, 4) is 5.75 Å². The molecule has 144 valence electrons. The molecule has 0 saturated carbocycles. The molecule has 0 aliphatic carbocycles. The highest BCUT2D eigenvalue weighted by Crippen LogP contribution is 2.24. The second-order valence-corrected chi connectivity index (χ2v) is 7.08. The van der Waals surface area contributed by atoms with Gasteiger partial charge < -0.3 is 9.30 Å². The van der Waals surface area contributed by atoms with Crippen LogP contribution in [-0.2, 0) is 6.54 Å². The maximum absolute atomic E-state index is 12.6. The van der Waals surface area contributed by atoms with E-state index in [9.17, 15) is 4.79 Å². The first-order chi connectivity index (χ1) is 14.2. The van der Waals surface area contributed by atoms with E-state index in [0.29, 0.717) is 5.56 Å². The van der Waals surface area contributed by atoms with Crippen molar-refractivity contribution in [2.24, 2.45) is 0 Å². The summed E-state index contributed by atoms with van der Waals surface area (Å²) in [5, 5.41) is 1.14. The third-order valence-electron chi connectivity index (χ3n) is 5.21. The molecule has 29 heavy (non-hydrogen) atoms. The van der Waals surface area contributed by atoms with Crippen molar-refractivity contribution < 1.29 is 9.53 Å². The van der Waals surface area contributed by atoms with Crippen LogP contribution in [0.25, 0.3) is 17.0 Å². The summed E-state index contributed by atoms with van der Waals surface area (Å²) < 4.78 is 7.40. The van der Waals surface area contributed by atoms with Crippen molar-refractivity contribution in [2.45, 2.75) is 13.5 Å². The van der Waals surface area contributed by atoms with Crippen molar-refractivity contribution in [1.82, 2.24) is 4.57 Å². The van der Waals surface area contributed by atoms with E-state index in [4.69, 9.17) is 4.74 Å². The van der Waals surface area contributed by atoms with E-state index in [0.717, 1.165) is 28.8 Å². The van der Waals surface area contributed by atoms with Gasteiger partial charge in [-0.05, 0) is 60.5 Å². The Labute approximate surface area is 170 Å². The molecule has 0 fully saturated rings. The second kappa shape index (κ2) is 8.19. The molecule has 0 spiro atoms. The van der Waals surface area contributed by atoms with E-state index in [2.05, 4.69) is 54.1 Å². The maximum atomic E-state index is 12.6. The number of carbonyl (C=O) groups is 1. The molecule has 0 N–H and O–H groups in total. The molecule has 1 aromatic heterocycles. The number of carbonyl (C=O) groups excluding carboxylic acids is 1. The lowest BCUT2D eigenvalue weighted by molar-refractivity contribution is 0.104. The molecule has 0 aliphatic rings. The summed E-state index contributed by atoms with van der Waals surface area (Å²) in [6, 6.07) is 23.9. The van der Waals surface area contributed by atoms with Gasteiger partial charge in [0.1, 0.15) is 5.75 Å². The molecule has 4 rings (SSSR count). The van der Waals surface area contributed by atoms with Gasteiger partial charge in [0.2, 0.25) is 0 Å². The van der Waals surface area contributed by atoms with Gasteiger partial charge in [-0.15, -0.1) is 0 Å². The number of rotatable bonds is 6. The standard InChI is InChI=1S/C26H23NO2/c1-19-7-3-4-8-21(19)17-27-18-22(24-9-5-6-10-25(24)27)13-16-26(28)20-11-14-23(29-2)15-12-20/h3-16,18H,17H2,1-2H3/b16-13+. The van der Waals surface area contributed by atoms with Gasteiger partial charge in [0.25, 0.3) is 0 Å². The van der Waals surface area contributed by atoms with Gasteiger partial charge in [0.05, 0.1) is 7.11 Å². The molecule has 0 saturated heterocycles. The number of hydrogen-bond donors (Lipinski definition) is 0. The van der Waals surface area contributed by atoms with Crippen LogP contribution in [0.1, 0.15) is 27.0 Å². The van der Waals surface area contributed by atoms with E-state index in [-0.39, 0.29) is 5.78 Å². The van der Waals surface area contributed by atoms with Crippen LogP contribution in [0.4, 0.5) is 0 Å². The lowest BCUT2D eigenvalue weighted by atomic mass is 10.1. The topological polar surface area (TPSA) is 31.2 Å². The molecule has 0 amide bonds. The Bertz CT molecular complexity index is 1180. The van der Waals surface area contributed by atoms with Gasteiger partial charge in [-0.1, -0.05) is 42.5 Å². The number of benzene rings is 3. The van der Waals surface area contributed by atoms with E-state index >= 15 is 0 Å². The normalized spacial score (nSPS) is 11.2. The summed E-state index contributed by atoms with van der Waals surface area (Å²) in [6.07, 6.45) is 5.67. The Morgan fingerprint density at radius 2 is 1.69 bits per heavy atom. The van der Waals surface area contributed by atoms with Crippen LogP contribution in [0, 0.1) is 6.92 Å². The van der Waals surface area contributed by atoms with Crippen LogP contribution >= 0.6 is 0 Å². The Morgan fingerprint density at radius 1 is 0.966 bits per heavy atom. The van der Waals surface area contributed by atoms with Crippen molar-refractivity contribution in [3.63, 3.8) is 0 Å². The Hall–Kier alpha value is -3.59. The number of hydrogen-bond acceptors (Lipinski definition) is 2. The van der Waals surface area contributed by atoms with Gasteiger partial charge in [0.15, 0.2) is 5.78 Å². The lowest BCUT2D eigenvalue weighted by Crippen LogP contribution is -1.99. The summed E-state index contributed by atoms with van der Waals surface area (Å²) >= 11 is 0. The summed E-state index contributed by atoms with van der Waals surface area (Å²) in [7, 11) is 1.61. The number of methoxy groups -OCH3 is 1. The van der Waals surface area contributed by atoms with Crippen LogP contribution in [-0.4, -0.2) is 17.5 Å². The zero-order valence-electron chi connectivity index (χ0n) is 16.6. The van der Waals surface area contributed by atoms with Crippen LogP contribution in [0.5, 0.6) is 5.75 Å². The molecular weight excluding hydrogens is 358 g/mol. The fraction of sp³-hybridized carbons (Fsp3) is 0.115. The number of fused-ring (bicyclic) bond motifs is 1. The van der Waals surface area contributed by atoms with E-state index < -0.39 is 0 Å². The van der Waals surface area contributed by atoms with Gasteiger partial charge in [0, 0.05) is 34.8 Å². The smallest absolute Gasteiger partial charge is 0.185 e. The van der Waals surface area contributed by atoms with Crippen molar-refractivity contribution in [1.29, 1.82) is 0 Å². The number of para-hydroxylation sites is 1.